The topological polar surface area (TPSA) is 76.0 Å². The third-order valence-corrected chi connectivity index (χ3v) is 2.91. The number of hydrogen-bond acceptors (Lipinski definition) is 5. The van der Waals surface area contributed by atoms with Gasteiger partial charge in [-0.1, -0.05) is 18.2 Å². The summed E-state index contributed by atoms with van der Waals surface area (Å²) in [5.74, 6) is -0.508. The Kier molecular flexibility index (Phi) is 3.96. The van der Waals surface area contributed by atoms with Gasteiger partial charge in [0.15, 0.2) is 12.4 Å². The minimum Gasteiger partial charge on any atom is -0.453 e. The lowest BCUT2D eigenvalue weighted by Crippen LogP contribution is -2.49. The predicted molar refractivity (Wildman–Crippen MR) is 62.8 cm³/mol. The Bertz CT molecular complexity index is 393. The second-order valence-electron chi connectivity index (χ2n) is 4.33. The molecule has 0 aromatic heterocycles. The van der Waals surface area contributed by atoms with Crippen LogP contribution in [0.15, 0.2) is 30.3 Å². The third-order valence-electron chi connectivity index (χ3n) is 2.91. The summed E-state index contributed by atoms with van der Waals surface area (Å²) < 4.78 is 10.3. The highest BCUT2D eigenvalue weighted by Crippen LogP contribution is 2.22. The third kappa shape index (κ3) is 2.87. The van der Waals surface area contributed by atoms with Crippen LogP contribution in [0.2, 0.25) is 0 Å². The van der Waals surface area contributed by atoms with Crippen molar-refractivity contribution >= 4 is 5.97 Å². The highest BCUT2D eigenvalue weighted by Gasteiger charge is 2.37. The fourth-order valence-electron chi connectivity index (χ4n) is 1.97. The molecule has 1 aromatic carbocycles. The Balaban J connectivity index is 2.03. The first-order valence-electron chi connectivity index (χ1n) is 5.85. The first kappa shape index (κ1) is 13.0. The molecular weight excluding hydrogens is 236 g/mol. The van der Waals surface area contributed by atoms with E-state index in [9.17, 15) is 15.0 Å². The SMILES string of the molecule is C[C@H]1O[C@@H](O)C[C@@H](O)[C@@H]1OC(=O)c1ccccc1. The highest BCUT2D eigenvalue weighted by molar-refractivity contribution is 5.89. The molecule has 1 fully saturated rings. The summed E-state index contributed by atoms with van der Waals surface area (Å²) in [6.07, 6.45) is -3.20. The van der Waals surface area contributed by atoms with Gasteiger partial charge in [-0.15, -0.1) is 0 Å². The summed E-state index contributed by atoms with van der Waals surface area (Å²) in [7, 11) is 0. The lowest BCUT2D eigenvalue weighted by Gasteiger charge is -2.35. The maximum Gasteiger partial charge on any atom is 0.338 e. The normalized spacial score (nSPS) is 31.9. The van der Waals surface area contributed by atoms with Crippen LogP contribution in [-0.2, 0) is 9.47 Å². The molecule has 2 N–H and O–H groups in total. The summed E-state index contributed by atoms with van der Waals surface area (Å²) >= 11 is 0. The smallest absolute Gasteiger partial charge is 0.338 e. The molecule has 0 radical (unpaired) electrons. The molecule has 1 aliphatic rings. The van der Waals surface area contributed by atoms with E-state index in [1.807, 2.05) is 0 Å². The van der Waals surface area contributed by atoms with Gasteiger partial charge in [0.25, 0.3) is 0 Å². The fourth-order valence-corrected chi connectivity index (χ4v) is 1.97. The van der Waals surface area contributed by atoms with Gasteiger partial charge in [0.1, 0.15) is 0 Å². The Morgan fingerprint density at radius 2 is 2.00 bits per heavy atom. The standard InChI is InChI=1S/C13H16O5/c1-8-12(10(14)7-11(15)17-8)18-13(16)9-5-3-2-4-6-9/h2-6,8,10-12,14-15H,7H2,1H3/t8-,10-,11-,12-/m1/s1. The summed E-state index contributed by atoms with van der Waals surface area (Å²) in [5, 5.41) is 19.1. The highest BCUT2D eigenvalue weighted by atomic mass is 16.6. The minimum absolute atomic E-state index is 0.0388. The van der Waals surface area contributed by atoms with E-state index in [1.54, 1.807) is 37.3 Å². The number of benzene rings is 1. The van der Waals surface area contributed by atoms with Gasteiger partial charge in [-0.2, -0.15) is 0 Å². The van der Waals surface area contributed by atoms with E-state index < -0.39 is 30.6 Å². The fraction of sp³-hybridized carbons (Fsp3) is 0.462. The Morgan fingerprint density at radius 3 is 2.61 bits per heavy atom. The van der Waals surface area contributed by atoms with E-state index in [4.69, 9.17) is 9.47 Å². The number of ether oxygens (including phenoxy) is 2. The van der Waals surface area contributed by atoms with Crippen LogP contribution in [-0.4, -0.2) is 40.8 Å². The molecule has 4 atom stereocenters. The maximum absolute atomic E-state index is 11.8. The zero-order valence-electron chi connectivity index (χ0n) is 10.0. The number of rotatable bonds is 2. The Labute approximate surface area is 105 Å². The van der Waals surface area contributed by atoms with E-state index in [1.165, 1.54) is 0 Å². The number of carbonyl (C=O) groups is 1. The van der Waals surface area contributed by atoms with Gasteiger partial charge in [-0.05, 0) is 19.1 Å². The number of carbonyl (C=O) groups excluding carboxylic acids is 1. The predicted octanol–water partition coefficient (Wildman–Crippen LogP) is 0.700. The van der Waals surface area contributed by atoms with Crippen molar-refractivity contribution in [3.05, 3.63) is 35.9 Å². The van der Waals surface area contributed by atoms with Crippen molar-refractivity contribution in [3.63, 3.8) is 0 Å². The molecule has 1 saturated heterocycles. The molecule has 18 heavy (non-hydrogen) atoms. The molecule has 2 rings (SSSR count). The largest absolute Gasteiger partial charge is 0.453 e. The number of aliphatic hydroxyl groups excluding tert-OH is 2. The zero-order valence-corrected chi connectivity index (χ0v) is 10.0. The van der Waals surface area contributed by atoms with Crippen LogP contribution in [0.4, 0.5) is 0 Å². The van der Waals surface area contributed by atoms with Gasteiger partial charge < -0.3 is 19.7 Å². The zero-order chi connectivity index (χ0) is 13.1. The van der Waals surface area contributed by atoms with Crippen LogP contribution >= 0.6 is 0 Å². The van der Waals surface area contributed by atoms with E-state index >= 15 is 0 Å². The molecule has 1 heterocycles. The maximum atomic E-state index is 11.8. The van der Waals surface area contributed by atoms with E-state index in [0.29, 0.717) is 5.56 Å². The van der Waals surface area contributed by atoms with E-state index in [-0.39, 0.29) is 6.42 Å². The van der Waals surface area contributed by atoms with Gasteiger partial charge in [-0.3, -0.25) is 0 Å². The average molecular weight is 252 g/mol. The van der Waals surface area contributed by atoms with Gasteiger partial charge in [0, 0.05) is 6.42 Å². The Morgan fingerprint density at radius 1 is 1.33 bits per heavy atom. The van der Waals surface area contributed by atoms with Gasteiger partial charge in [-0.25, -0.2) is 4.79 Å². The van der Waals surface area contributed by atoms with Gasteiger partial charge in [0.05, 0.1) is 17.8 Å². The van der Waals surface area contributed by atoms with Crippen molar-refractivity contribution in [1.29, 1.82) is 0 Å². The van der Waals surface area contributed by atoms with Crippen LogP contribution < -0.4 is 0 Å². The second-order valence-corrected chi connectivity index (χ2v) is 4.33. The molecule has 0 saturated carbocycles. The quantitative estimate of drug-likeness (QED) is 0.758. The number of esters is 1. The summed E-state index contributed by atoms with van der Waals surface area (Å²) in [6.45, 7) is 1.65. The van der Waals surface area contributed by atoms with Gasteiger partial charge in [0.2, 0.25) is 0 Å². The molecule has 1 aliphatic heterocycles. The van der Waals surface area contributed by atoms with E-state index in [2.05, 4.69) is 0 Å². The molecule has 0 spiro atoms. The molecular formula is C13H16O5. The summed E-state index contributed by atoms with van der Waals surface area (Å²) in [4.78, 5) is 11.8. The molecule has 0 unspecified atom stereocenters. The van der Waals surface area contributed by atoms with Crippen LogP contribution in [0.5, 0.6) is 0 Å². The molecule has 5 heteroatoms. The van der Waals surface area contributed by atoms with Crippen LogP contribution in [0.25, 0.3) is 0 Å². The Hall–Kier alpha value is -1.43. The van der Waals surface area contributed by atoms with Crippen molar-refractivity contribution in [2.75, 3.05) is 0 Å². The minimum atomic E-state index is -1.01. The van der Waals surface area contributed by atoms with Crippen molar-refractivity contribution < 1.29 is 24.5 Å². The lowest BCUT2D eigenvalue weighted by atomic mass is 10.0. The monoisotopic (exact) mass is 252 g/mol. The van der Waals surface area contributed by atoms with Crippen LogP contribution in [0.3, 0.4) is 0 Å². The second kappa shape index (κ2) is 5.48. The number of hydrogen-bond donors (Lipinski definition) is 2. The first-order valence-corrected chi connectivity index (χ1v) is 5.85. The molecule has 0 amide bonds. The van der Waals surface area contributed by atoms with Gasteiger partial charge >= 0.3 is 5.97 Å². The number of aliphatic hydroxyl groups is 2. The van der Waals surface area contributed by atoms with Crippen molar-refractivity contribution in [2.45, 2.75) is 37.9 Å². The lowest BCUT2D eigenvalue weighted by molar-refractivity contribution is -0.226. The van der Waals surface area contributed by atoms with E-state index in [0.717, 1.165) is 0 Å². The molecule has 5 nitrogen and oxygen atoms in total. The first-order chi connectivity index (χ1) is 8.58. The summed E-state index contributed by atoms with van der Waals surface area (Å²) in [6, 6.07) is 8.54. The molecule has 98 valence electrons. The van der Waals surface area contributed by atoms with Crippen molar-refractivity contribution in [1.82, 2.24) is 0 Å². The van der Waals surface area contributed by atoms with Crippen LogP contribution in [0.1, 0.15) is 23.7 Å². The van der Waals surface area contributed by atoms with Crippen molar-refractivity contribution in [2.24, 2.45) is 0 Å². The molecule has 0 bridgehead atoms. The van der Waals surface area contributed by atoms with Crippen molar-refractivity contribution in [3.8, 4) is 0 Å². The molecule has 0 aliphatic carbocycles. The van der Waals surface area contributed by atoms with Crippen LogP contribution in [0, 0.1) is 0 Å². The summed E-state index contributed by atoms with van der Waals surface area (Å²) in [5.41, 5.74) is 0.419. The molecule has 1 aromatic rings. The average Bonchev–Trinajstić information content (AvgIpc) is 2.34.